The minimum Gasteiger partial charge on any atom is -0.496 e. The molecule has 16 heavy (non-hydrogen) atoms. The Morgan fingerprint density at radius 2 is 2.06 bits per heavy atom. The van der Waals surface area contributed by atoms with Gasteiger partial charge in [-0.2, -0.15) is 0 Å². The monoisotopic (exact) mass is 219 g/mol. The molecule has 88 valence electrons. The van der Waals surface area contributed by atoms with E-state index >= 15 is 0 Å². The van der Waals surface area contributed by atoms with E-state index in [-0.39, 0.29) is 0 Å². The van der Waals surface area contributed by atoms with Crippen LogP contribution in [0, 0.1) is 0 Å². The summed E-state index contributed by atoms with van der Waals surface area (Å²) in [5, 5.41) is 3.37. The van der Waals surface area contributed by atoms with Crippen LogP contribution < -0.4 is 10.1 Å². The molecule has 0 radical (unpaired) electrons. The van der Waals surface area contributed by atoms with Gasteiger partial charge in [-0.1, -0.05) is 37.3 Å². The summed E-state index contributed by atoms with van der Waals surface area (Å²) in [4.78, 5) is 0. The van der Waals surface area contributed by atoms with Gasteiger partial charge in [0.1, 0.15) is 5.75 Å². The van der Waals surface area contributed by atoms with E-state index in [4.69, 9.17) is 4.74 Å². The lowest BCUT2D eigenvalue weighted by Gasteiger charge is -2.03. The van der Waals surface area contributed by atoms with Crippen LogP contribution in [0.5, 0.6) is 5.75 Å². The number of methoxy groups -OCH3 is 1. The molecule has 1 aromatic rings. The fourth-order valence-corrected chi connectivity index (χ4v) is 1.50. The quantitative estimate of drug-likeness (QED) is 0.711. The fourth-order valence-electron chi connectivity index (χ4n) is 1.50. The second kappa shape index (κ2) is 7.94. The third-order valence-electron chi connectivity index (χ3n) is 2.35. The second-order valence-corrected chi connectivity index (χ2v) is 3.68. The highest BCUT2D eigenvalue weighted by atomic mass is 16.5. The van der Waals surface area contributed by atoms with E-state index in [1.807, 2.05) is 18.2 Å². The number of hydrogen-bond donors (Lipinski definition) is 1. The van der Waals surface area contributed by atoms with Crippen LogP contribution in [0.4, 0.5) is 0 Å². The number of ether oxygens (including phenoxy) is 1. The molecule has 0 heterocycles. The lowest BCUT2D eigenvalue weighted by molar-refractivity contribution is 0.414. The van der Waals surface area contributed by atoms with Crippen molar-refractivity contribution in [2.45, 2.75) is 19.8 Å². The van der Waals surface area contributed by atoms with Gasteiger partial charge in [-0.05, 0) is 32.0 Å². The summed E-state index contributed by atoms with van der Waals surface area (Å²) >= 11 is 0. The molecule has 1 rings (SSSR count). The Hall–Kier alpha value is -1.28. The molecular weight excluding hydrogens is 198 g/mol. The summed E-state index contributed by atoms with van der Waals surface area (Å²) in [5.74, 6) is 0.931. The Bertz CT molecular complexity index is 320. The number of benzene rings is 1. The molecule has 0 aromatic heterocycles. The Kier molecular flexibility index (Phi) is 6.35. The molecule has 2 nitrogen and oxygen atoms in total. The van der Waals surface area contributed by atoms with Gasteiger partial charge in [0.15, 0.2) is 0 Å². The van der Waals surface area contributed by atoms with Crippen LogP contribution in [0.1, 0.15) is 25.3 Å². The van der Waals surface area contributed by atoms with Crippen molar-refractivity contribution in [1.29, 1.82) is 0 Å². The summed E-state index contributed by atoms with van der Waals surface area (Å²) in [6, 6.07) is 8.06. The maximum atomic E-state index is 5.27. The third-order valence-corrected chi connectivity index (χ3v) is 2.35. The number of hydrogen-bond acceptors (Lipinski definition) is 2. The number of para-hydroxylation sites is 1. The number of nitrogens with one attached hydrogen (secondary N) is 1. The summed E-state index contributed by atoms with van der Waals surface area (Å²) in [6.45, 7) is 4.32. The van der Waals surface area contributed by atoms with Crippen LogP contribution in [-0.2, 0) is 0 Å². The first-order chi connectivity index (χ1) is 7.88. The van der Waals surface area contributed by atoms with Crippen molar-refractivity contribution in [2.24, 2.45) is 0 Å². The zero-order chi connectivity index (χ0) is 11.6. The van der Waals surface area contributed by atoms with Gasteiger partial charge in [0.05, 0.1) is 7.11 Å². The first-order valence-electron chi connectivity index (χ1n) is 5.88. The molecule has 0 bridgehead atoms. The van der Waals surface area contributed by atoms with E-state index in [0.717, 1.165) is 30.8 Å². The molecule has 0 aliphatic carbocycles. The Labute approximate surface area is 98.3 Å². The summed E-state index contributed by atoms with van der Waals surface area (Å²) in [6.07, 6.45) is 6.54. The lowest BCUT2D eigenvalue weighted by Crippen LogP contribution is -2.14. The van der Waals surface area contributed by atoms with E-state index < -0.39 is 0 Å². The molecule has 0 aliphatic rings. The van der Waals surface area contributed by atoms with Gasteiger partial charge >= 0.3 is 0 Å². The van der Waals surface area contributed by atoms with Gasteiger partial charge in [-0.3, -0.25) is 0 Å². The van der Waals surface area contributed by atoms with Crippen LogP contribution in [0.15, 0.2) is 30.3 Å². The summed E-state index contributed by atoms with van der Waals surface area (Å²) in [5.41, 5.74) is 1.14. The van der Waals surface area contributed by atoms with Crippen molar-refractivity contribution < 1.29 is 4.74 Å². The van der Waals surface area contributed by atoms with E-state index in [1.165, 1.54) is 6.42 Å². The smallest absolute Gasteiger partial charge is 0.126 e. The van der Waals surface area contributed by atoms with Crippen molar-refractivity contribution in [3.05, 3.63) is 35.9 Å². The van der Waals surface area contributed by atoms with Crippen LogP contribution >= 0.6 is 0 Å². The summed E-state index contributed by atoms with van der Waals surface area (Å²) in [7, 11) is 1.70. The minimum absolute atomic E-state index is 0.931. The zero-order valence-electron chi connectivity index (χ0n) is 10.2. The predicted molar refractivity (Wildman–Crippen MR) is 69.8 cm³/mol. The van der Waals surface area contributed by atoms with Crippen LogP contribution in [0.25, 0.3) is 6.08 Å². The molecular formula is C14H21NO. The van der Waals surface area contributed by atoms with Crippen molar-refractivity contribution in [3.8, 4) is 5.75 Å². The van der Waals surface area contributed by atoms with E-state index in [0.29, 0.717) is 0 Å². The Morgan fingerprint density at radius 3 is 2.81 bits per heavy atom. The molecule has 0 amide bonds. The van der Waals surface area contributed by atoms with E-state index in [9.17, 15) is 0 Å². The van der Waals surface area contributed by atoms with Gasteiger partial charge in [-0.25, -0.2) is 0 Å². The fraction of sp³-hybridized carbons (Fsp3) is 0.429. The average molecular weight is 219 g/mol. The van der Waals surface area contributed by atoms with Crippen molar-refractivity contribution in [1.82, 2.24) is 5.32 Å². The minimum atomic E-state index is 0.931. The topological polar surface area (TPSA) is 21.3 Å². The van der Waals surface area contributed by atoms with Gasteiger partial charge in [0.25, 0.3) is 0 Å². The molecule has 0 spiro atoms. The van der Waals surface area contributed by atoms with Crippen molar-refractivity contribution >= 4 is 6.08 Å². The lowest BCUT2D eigenvalue weighted by atomic mass is 10.2. The standard InChI is InChI=1S/C14H21NO/c1-3-11-15-12-7-6-9-13-8-4-5-10-14(13)16-2/h4-6,8-10,15H,3,7,11-12H2,1-2H3. The maximum absolute atomic E-state index is 5.27. The summed E-state index contributed by atoms with van der Waals surface area (Å²) < 4.78 is 5.27. The van der Waals surface area contributed by atoms with Crippen molar-refractivity contribution in [2.75, 3.05) is 20.2 Å². The van der Waals surface area contributed by atoms with Crippen LogP contribution in [0.2, 0.25) is 0 Å². The average Bonchev–Trinajstić information content (AvgIpc) is 2.34. The van der Waals surface area contributed by atoms with E-state index in [1.54, 1.807) is 7.11 Å². The Balaban J connectivity index is 2.37. The highest BCUT2D eigenvalue weighted by Gasteiger charge is 1.95. The third kappa shape index (κ3) is 4.49. The molecule has 0 unspecified atom stereocenters. The van der Waals surface area contributed by atoms with Gasteiger partial charge < -0.3 is 10.1 Å². The molecule has 0 saturated heterocycles. The van der Waals surface area contributed by atoms with Gasteiger partial charge in [0, 0.05) is 5.56 Å². The highest BCUT2D eigenvalue weighted by molar-refractivity contribution is 5.56. The molecule has 0 aliphatic heterocycles. The first-order valence-corrected chi connectivity index (χ1v) is 5.88. The van der Waals surface area contributed by atoms with Gasteiger partial charge in [0.2, 0.25) is 0 Å². The molecule has 0 atom stereocenters. The molecule has 1 N–H and O–H groups in total. The van der Waals surface area contributed by atoms with E-state index in [2.05, 4.69) is 30.5 Å². The van der Waals surface area contributed by atoms with Gasteiger partial charge in [-0.15, -0.1) is 0 Å². The van der Waals surface area contributed by atoms with Crippen LogP contribution in [-0.4, -0.2) is 20.2 Å². The predicted octanol–water partition coefficient (Wildman–Crippen LogP) is 3.10. The molecule has 0 fully saturated rings. The normalized spacial score (nSPS) is 10.9. The SMILES string of the molecule is CCCNCCC=Cc1ccccc1OC. The number of rotatable bonds is 7. The second-order valence-electron chi connectivity index (χ2n) is 3.68. The first kappa shape index (κ1) is 12.8. The molecule has 1 aromatic carbocycles. The highest BCUT2D eigenvalue weighted by Crippen LogP contribution is 2.18. The Morgan fingerprint density at radius 1 is 1.25 bits per heavy atom. The maximum Gasteiger partial charge on any atom is 0.126 e. The zero-order valence-corrected chi connectivity index (χ0v) is 10.2. The largest absolute Gasteiger partial charge is 0.496 e. The molecule has 2 heteroatoms. The van der Waals surface area contributed by atoms with Crippen molar-refractivity contribution in [3.63, 3.8) is 0 Å². The van der Waals surface area contributed by atoms with Crippen LogP contribution in [0.3, 0.4) is 0 Å². The molecule has 0 saturated carbocycles.